The van der Waals surface area contributed by atoms with Gasteiger partial charge in [0.1, 0.15) is 0 Å². The molecule has 0 spiro atoms. The minimum atomic E-state index is -0.498. The van der Waals surface area contributed by atoms with Crippen molar-refractivity contribution < 1.29 is 9.72 Å². The Balaban J connectivity index is 2.02. The van der Waals surface area contributed by atoms with Gasteiger partial charge in [0.15, 0.2) is 5.71 Å². The Labute approximate surface area is 126 Å². The smallest absolute Gasteiger partial charge is 0.276 e. The Bertz CT molecular complexity index is 787. The zero-order chi connectivity index (χ0) is 15.7. The molecule has 3 rings (SSSR count). The van der Waals surface area contributed by atoms with E-state index in [4.69, 9.17) is 0 Å². The van der Waals surface area contributed by atoms with E-state index in [0.29, 0.717) is 11.3 Å². The van der Waals surface area contributed by atoms with Crippen molar-refractivity contribution in [3.05, 3.63) is 64.2 Å². The summed E-state index contributed by atoms with van der Waals surface area (Å²) >= 11 is 0. The summed E-state index contributed by atoms with van der Waals surface area (Å²) < 4.78 is 0. The third kappa shape index (κ3) is 2.39. The van der Waals surface area contributed by atoms with E-state index in [1.54, 1.807) is 12.1 Å². The molecule has 0 fully saturated rings. The van der Waals surface area contributed by atoms with Crippen LogP contribution >= 0.6 is 0 Å². The third-order valence-electron chi connectivity index (χ3n) is 3.31. The van der Waals surface area contributed by atoms with Crippen molar-refractivity contribution >= 4 is 28.7 Å². The van der Waals surface area contributed by atoms with Crippen molar-refractivity contribution in [3.63, 3.8) is 0 Å². The maximum atomic E-state index is 12.0. The first kappa shape index (κ1) is 13.7. The normalized spacial score (nSPS) is 14.6. The number of hydrogen-bond acceptors (Lipinski definition) is 5. The van der Waals surface area contributed by atoms with Gasteiger partial charge in [-0.3, -0.25) is 19.9 Å². The molecule has 110 valence electrons. The summed E-state index contributed by atoms with van der Waals surface area (Å²) in [5, 5.41) is 19.4. The van der Waals surface area contributed by atoms with Crippen LogP contribution in [0.5, 0.6) is 0 Å². The summed E-state index contributed by atoms with van der Waals surface area (Å²) in [6.45, 7) is 0. The number of nitro benzene ring substituents is 1. The van der Waals surface area contributed by atoms with E-state index < -0.39 is 4.92 Å². The molecule has 1 aliphatic heterocycles. The van der Waals surface area contributed by atoms with E-state index in [2.05, 4.69) is 10.4 Å². The van der Waals surface area contributed by atoms with Crippen LogP contribution in [0.15, 0.2) is 53.6 Å². The molecule has 1 aliphatic rings. The molecule has 1 heterocycles. The van der Waals surface area contributed by atoms with Crippen LogP contribution in [0.3, 0.4) is 0 Å². The number of rotatable bonds is 3. The fourth-order valence-electron chi connectivity index (χ4n) is 2.21. The molecule has 22 heavy (non-hydrogen) atoms. The first-order valence-corrected chi connectivity index (χ1v) is 6.54. The number of nitrogens with one attached hydrogen (secondary N) is 1. The fraction of sp³-hybridized carbons (Fsp3) is 0.0667. The third-order valence-corrected chi connectivity index (χ3v) is 3.31. The molecule has 0 aliphatic carbocycles. The zero-order valence-electron chi connectivity index (χ0n) is 11.7. The maximum Gasteiger partial charge on any atom is 0.276 e. The Kier molecular flexibility index (Phi) is 3.30. The van der Waals surface area contributed by atoms with Gasteiger partial charge in [-0.05, 0) is 18.2 Å². The lowest BCUT2D eigenvalue weighted by Gasteiger charge is -2.13. The van der Waals surface area contributed by atoms with Crippen LogP contribution in [-0.4, -0.2) is 23.6 Å². The highest BCUT2D eigenvalue weighted by molar-refractivity contribution is 6.54. The summed E-state index contributed by atoms with van der Waals surface area (Å²) in [5.41, 5.74) is 1.84. The van der Waals surface area contributed by atoms with Gasteiger partial charge in [-0.2, -0.15) is 5.10 Å². The van der Waals surface area contributed by atoms with Crippen LogP contribution in [0.1, 0.15) is 5.56 Å². The van der Waals surface area contributed by atoms with Gasteiger partial charge in [0, 0.05) is 24.7 Å². The summed E-state index contributed by atoms with van der Waals surface area (Å²) in [6, 6.07) is 13.5. The molecular formula is C15H12N4O3. The zero-order valence-corrected chi connectivity index (χ0v) is 11.7. The van der Waals surface area contributed by atoms with Crippen molar-refractivity contribution in [2.75, 3.05) is 17.4 Å². The van der Waals surface area contributed by atoms with E-state index >= 15 is 0 Å². The van der Waals surface area contributed by atoms with E-state index in [1.807, 2.05) is 30.3 Å². The second-order valence-corrected chi connectivity index (χ2v) is 4.75. The Hall–Kier alpha value is -3.22. The van der Waals surface area contributed by atoms with Crippen molar-refractivity contribution in [1.29, 1.82) is 0 Å². The predicted octanol–water partition coefficient (Wildman–Crippen LogP) is 2.39. The molecule has 0 saturated carbocycles. The van der Waals surface area contributed by atoms with E-state index in [0.717, 1.165) is 5.69 Å². The number of non-ortho nitro benzene ring substituents is 1. The van der Waals surface area contributed by atoms with E-state index in [9.17, 15) is 14.9 Å². The average Bonchev–Trinajstić information content (AvgIpc) is 2.83. The van der Waals surface area contributed by atoms with Gasteiger partial charge < -0.3 is 5.32 Å². The molecule has 1 N–H and O–H groups in total. The number of nitro groups is 1. The Morgan fingerprint density at radius 1 is 1.18 bits per heavy atom. The van der Waals surface area contributed by atoms with Crippen LogP contribution in [0.4, 0.5) is 17.1 Å². The predicted molar refractivity (Wildman–Crippen MR) is 83.1 cm³/mol. The number of para-hydroxylation sites is 1. The first-order chi connectivity index (χ1) is 10.6. The summed E-state index contributed by atoms with van der Waals surface area (Å²) in [4.78, 5) is 22.4. The lowest BCUT2D eigenvalue weighted by molar-refractivity contribution is -0.384. The average molecular weight is 296 g/mol. The lowest BCUT2D eigenvalue weighted by Crippen LogP contribution is -2.20. The molecule has 7 heteroatoms. The van der Waals surface area contributed by atoms with Gasteiger partial charge >= 0.3 is 0 Å². The summed E-state index contributed by atoms with van der Waals surface area (Å²) in [7, 11) is 1.71. The number of benzene rings is 2. The number of hydrogen-bond donors (Lipinski definition) is 1. The van der Waals surface area contributed by atoms with Crippen molar-refractivity contribution in [2.24, 2.45) is 5.10 Å². The number of anilines is 2. The highest BCUT2D eigenvalue weighted by Crippen LogP contribution is 2.28. The molecule has 0 bridgehead atoms. The van der Waals surface area contributed by atoms with Crippen LogP contribution in [0, 0.1) is 10.1 Å². The molecule has 0 atom stereocenters. The highest BCUT2D eigenvalue weighted by atomic mass is 16.6. The molecule has 2 aromatic carbocycles. The SMILES string of the molecule is CN(N=C1C(=O)Nc2ccc([N+](=O)[O-])cc21)c1ccccc1. The maximum absolute atomic E-state index is 12.0. The monoisotopic (exact) mass is 296 g/mol. The second-order valence-electron chi connectivity index (χ2n) is 4.75. The lowest BCUT2D eigenvalue weighted by atomic mass is 10.1. The van der Waals surface area contributed by atoms with Gasteiger partial charge in [-0.25, -0.2) is 0 Å². The minimum Gasteiger partial charge on any atom is -0.320 e. The quantitative estimate of drug-likeness (QED) is 0.695. The summed E-state index contributed by atoms with van der Waals surface area (Å²) in [5.74, 6) is -0.377. The van der Waals surface area contributed by atoms with Crippen molar-refractivity contribution in [2.45, 2.75) is 0 Å². The molecule has 1 amide bonds. The van der Waals surface area contributed by atoms with Crippen LogP contribution < -0.4 is 10.3 Å². The largest absolute Gasteiger partial charge is 0.320 e. The molecule has 0 saturated heterocycles. The number of carbonyl (C=O) groups is 1. The first-order valence-electron chi connectivity index (χ1n) is 6.54. The highest BCUT2D eigenvalue weighted by Gasteiger charge is 2.28. The number of hydrazone groups is 1. The van der Waals surface area contributed by atoms with E-state index in [1.165, 1.54) is 18.2 Å². The van der Waals surface area contributed by atoms with Crippen LogP contribution in [-0.2, 0) is 4.79 Å². The Morgan fingerprint density at radius 3 is 2.59 bits per heavy atom. The number of carbonyl (C=O) groups excluding carboxylic acids is 1. The number of nitrogens with zero attached hydrogens (tertiary/aromatic N) is 3. The minimum absolute atomic E-state index is 0.0784. The fourth-order valence-corrected chi connectivity index (χ4v) is 2.21. The second kappa shape index (κ2) is 5.28. The molecule has 7 nitrogen and oxygen atoms in total. The molecule has 0 unspecified atom stereocenters. The topological polar surface area (TPSA) is 87.8 Å². The van der Waals surface area contributed by atoms with Crippen LogP contribution in [0.25, 0.3) is 0 Å². The van der Waals surface area contributed by atoms with Crippen molar-refractivity contribution in [1.82, 2.24) is 0 Å². The Morgan fingerprint density at radius 2 is 1.91 bits per heavy atom. The van der Waals surface area contributed by atoms with Gasteiger partial charge in [-0.1, -0.05) is 18.2 Å². The molecule has 0 aromatic heterocycles. The summed E-state index contributed by atoms with van der Waals surface area (Å²) in [6.07, 6.45) is 0. The van der Waals surface area contributed by atoms with Gasteiger partial charge in [-0.15, -0.1) is 0 Å². The van der Waals surface area contributed by atoms with Crippen molar-refractivity contribution in [3.8, 4) is 0 Å². The van der Waals surface area contributed by atoms with Gasteiger partial charge in [0.25, 0.3) is 11.6 Å². The molecular weight excluding hydrogens is 284 g/mol. The number of fused-ring (bicyclic) bond motifs is 1. The van der Waals surface area contributed by atoms with Gasteiger partial charge in [0.05, 0.1) is 16.3 Å². The molecule has 2 aromatic rings. The molecule has 0 radical (unpaired) electrons. The standard InChI is InChI=1S/C15H12N4O3/c1-18(10-5-3-2-4-6-10)17-14-12-9-11(19(21)22)7-8-13(12)16-15(14)20/h2-9H,1H3,(H,16,17,20). The number of amides is 1. The van der Waals surface area contributed by atoms with Gasteiger partial charge in [0.2, 0.25) is 0 Å². The van der Waals surface area contributed by atoms with Crippen LogP contribution in [0.2, 0.25) is 0 Å². The van der Waals surface area contributed by atoms with E-state index in [-0.39, 0.29) is 17.3 Å².